The maximum atomic E-state index is 10.9. The van der Waals surface area contributed by atoms with Crippen LogP contribution in [-0.4, -0.2) is 12.6 Å². The molecule has 0 bridgehead atoms. The lowest BCUT2D eigenvalue weighted by molar-refractivity contribution is 0.256. The molecule has 0 saturated carbocycles. The van der Waals surface area contributed by atoms with Crippen molar-refractivity contribution in [2.24, 2.45) is 9.98 Å². The zero-order chi connectivity index (χ0) is 9.97. The van der Waals surface area contributed by atoms with Crippen molar-refractivity contribution >= 4 is 6.03 Å². The zero-order valence-electron chi connectivity index (χ0n) is 7.43. The minimum Gasteiger partial charge on any atom is -0.487 e. The van der Waals surface area contributed by atoms with Gasteiger partial charge >= 0.3 is 6.03 Å². The third-order valence-electron chi connectivity index (χ3n) is 1.76. The summed E-state index contributed by atoms with van der Waals surface area (Å²) in [7, 11) is 0. The van der Waals surface area contributed by atoms with E-state index in [-0.39, 0.29) is 0 Å². The van der Waals surface area contributed by atoms with Gasteiger partial charge in [-0.25, -0.2) is 4.79 Å². The number of nitrogens with zero attached hydrogens (tertiary/aromatic N) is 2. The molecule has 0 spiro atoms. The Morgan fingerprint density at radius 1 is 1.43 bits per heavy atom. The number of carbonyl (C=O) groups excluding carboxylic acids is 1. The van der Waals surface area contributed by atoms with E-state index >= 15 is 0 Å². The molecule has 0 N–H and O–H groups in total. The SMILES string of the molecule is C=CCOc1cccc2c1=NC(=O)N=2. The molecule has 4 heteroatoms. The molecule has 0 aliphatic carbocycles. The summed E-state index contributed by atoms with van der Waals surface area (Å²) in [6.07, 6.45) is 1.63. The molecule has 0 aromatic heterocycles. The van der Waals surface area contributed by atoms with Gasteiger partial charge in [0.25, 0.3) is 0 Å². The minimum atomic E-state index is -0.477. The second kappa shape index (κ2) is 3.41. The van der Waals surface area contributed by atoms with Gasteiger partial charge in [-0.1, -0.05) is 18.7 Å². The second-order valence-corrected chi connectivity index (χ2v) is 2.73. The average molecular weight is 188 g/mol. The standard InChI is InChI=1S/C10H8N2O2/c1-2-6-14-8-5-3-4-7-9(8)12-10(13)11-7/h2-5H,1,6H2. The third kappa shape index (κ3) is 1.42. The topological polar surface area (TPSA) is 51.0 Å². The van der Waals surface area contributed by atoms with Gasteiger partial charge in [0.1, 0.15) is 17.7 Å². The van der Waals surface area contributed by atoms with Crippen LogP contribution in [0.15, 0.2) is 40.8 Å². The summed E-state index contributed by atoms with van der Waals surface area (Å²) in [6, 6.07) is 4.77. The summed E-state index contributed by atoms with van der Waals surface area (Å²) < 4.78 is 5.32. The predicted octanol–water partition coefficient (Wildman–Crippen LogP) is 0.624. The van der Waals surface area contributed by atoms with E-state index in [1.165, 1.54) is 0 Å². The lowest BCUT2D eigenvalue weighted by Gasteiger charge is -2.00. The Balaban J connectivity index is 2.51. The van der Waals surface area contributed by atoms with Crippen molar-refractivity contribution in [3.63, 3.8) is 0 Å². The number of carbonyl (C=O) groups is 1. The van der Waals surface area contributed by atoms with E-state index in [0.29, 0.717) is 23.1 Å². The molecule has 70 valence electrons. The molecule has 1 aliphatic rings. The van der Waals surface area contributed by atoms with Crippen LogP contribution in [-0.2, 0) is 0 Å². The van der Waals surface area contributed by atoms with Crippen LogP contribution in [0.2, 0.25) is 0 Å². The third-order valence-corrected chi connectivity index (χ3v) is 1.76. The van der Waals surface area contributed by atoms with Gasteiger partial charge < -0.3 is 4.74 Å². The molecule has 0 saturated heterocycles. The van der Waals surface area contributed by atoms with Gasteiger partial charge in [0.05, 0.1) is 5.36 Å². The van der Waals surface area contributed by atoms with Crippen LogP contribution in [0.3, 0.4) is 0 Å². The number of urea groups is 1. The highest BCUT2D eigenvalue weighted by molar-refractivity contribution is 5.77. The van der Waals surface area contributed by atoms with E-state index in [9.17, 15) is 4.79 Å². The van der Waals surface area contributed by atoms with Crippen LogP contribution in [0.1, 0.15) is 0 Å². The molecule has 0 atom stereocenters. The largest absolute Gasteiger partial charge is 0.487 e. The first-order chi connectivity index (χ1) is 6.81. The molecule has 14 heavy (non-hydrogen) atoms. The van der Waals surface area contributed by atoms with Crippen LogP contribution in [0, 0.1) is 0 Å². The van der Waals surface area contributed by atoms with Crippen molar-refractivity contribution < 1.29 is 9.53 Å². The van der Waals surface area contributed by atoms with Crippen LogP contribution in [0.5, 0.6) is 5.75 Å². The molecule has 2 amide bonds. The second-order valence-electron chi connectivity index (χ2n) is 2.73. The molecule has 1 aromatic carbocycles. The highest BCUT2D eigenvalue weighted by Gasteiger charge is 2.08. The highest BCUT2D eigenvalue weighted by Crippen LogP contribution is 2.01. The molecule has 1 aliphatic heterocycles. The van der Waals surface area contributed by atoms with Gasteiger partial charge in [0, 0.05) is 0 Å². The maximum absolute atomic E-state index is 10.9. The smallest absolute Gasteiger partial charge is 0.368 e. The Morgan fingerprint density at radius 3 is 3.07 bits per heavy atom. The Kier molecular flexibility index (Phi) is 2.10. The highest BCUT2D eigenvalue weighted by atomic mass is 16.5. The van der Waals surface area contributed by atoms with Gasteiger partial charge in [-0.05, 0) is 12.1 Å². The number of hydrogen-bond acceptors (Lipinski definition) is 2. The van der Waals surface area contributed by atoms with Gasteiger partial charge in [0.15, 0.2) is 0 Å². The molecule has 1 heterocycles. The maximum Gasteiger partial charge on any atom is 0.368 e. The van der Waals surface area contributed by atoms with Crippen LogP contribution >= 0.6 is 0 Å². The summed E-state index contributed by atoms with van der Waals surface area (Å²) in [5, 5.41) is 1.08. The van der Waals surface area contributed by atoms with Gasteiger partial charge in [-0.2, -0.15) is 9.98 Å². The van der Waals surface area contributed by atoms with E-state index in [1.807, 2.05) is 0 Å². The summed E-state index contributed by atoms with van der Waals surface area (Å²) in [5.74, 6) is 0.567. The Morgan fingerprint density at radius 2 is 2.29 bits per heavy atom. The molecule has 0 fully saturated rings. The van der Waals surface area contributed by atoms with Crippen molar-refractivity contribution in [3.05, 3.63) is 41.6 Å². The number of rotatable bonds is 3. The fraction of sp³-hybridized carbons (Fsp3) is 0.100. The summed E-state index contributed by atoms with van der Waals surface area (Å²) in [4.78, 5) is 18.4. The first-order valence-corrected chi connectivity index (χ1v) is 4.15. The number of amides is 2. The summed E-state index contributed by atoms with van der Waals surface area (Å²) in [6.45, 7) is 3.93. The first kappa shape index (κ1) is 8.62. The van der Waals surface area contributed by atoms with E-state index in [2.05, 4.69) is 16.6 Å². The molecule has 4 nitrogen and oxygen atoms in total. The number of benzene rings is 1. The van der Waals surface area contributed by atoms with Crippen LogP contribution < -0.4 is 15.5 Å². The van der Waals surface area contributed by atoms with Gasteiger partial charge in [-0.3, -0.25) is 0 Å². The van der Waals surface area contributed by atoms with Crippen molar-refractivity contribution in [3.8, 4) is 5.75 Å². The first-order valence-electron chi connectivity index (χ1n) is 4.15. The molecule has 1 aromatic rings. The lowest BCUT2D eigenvalue weighted by atomic mass is 10.3. The normalized spacial score (nSPS) is 12.7. The van der Waals surface area contributed by atoms with Crippen molar-refractivity contribution in [2.45, 2.75) is 0 Å². The Bertz CT molecular complexity index is 505. The number of fused-ring (bicyclic) bond motifs is 1. The van der Waals surface area contributed by atoms with Crippen LogP contribution in [0.25, 0.3) is 0 Å². The van der Waals surface area contributed by atoms with Crippen LogP contribution in [0.4, 0.5) is 4.79 Å². The van der Waals surface area contributed by atoms with Crippen molar-refractivity contribution in [1.29, 1.82) is 0 Å². The molecule has 2 rings (SSSR count). The fourth-order valence-corrected chi connectivity index (χ4v) is 1.20. The predicted molar refractivity (Wildman–Crippen MR) is 49.8 cm³/mol. The summed E-state index contributed by atoms with van der Waals surface area (Å²) in [5.41, 5.74) is 0. The van der Waals surface area contributed by atoms with E-state index in [0.717, 1.165) is 0 Å². The van der Waals surface area contributed by atoms with E-state index in [4.69, 9.17) is 4.74 Å². The Labute approximate surface area is 80.3 Å². The van der Waals surface area contributed by atoms with E-state index in [1.54, 1.807) is 24.3 Å². The monoisotopic (exact) mass is 188 g/mol. The fourth-order valence-electron chi connectivity index (χ4n) is 1.20. The Hall–Kier alpha value is -1.97. The average Bonchev–Trinajstić information content (AvgIpc) is 2.55. The van der Waals surface area contributed by atoms with Crippen molar-refractivity contribution in [1.82, 2.24) is 0 Å². The lowest BCUT2D eigenvalue weighted by Crippen LogP contribution is -2.23. The number of ether oxygens (including phenoxy) is 1. The molecular formula is C10H8N2O2. The summed E-state index contributed by atoms with van der Waals surface area (Å²) >= 11 is 0. The van der Waals surface area contributed by atoms with Crippen molar-refractivity contribution in [2.75, 3.05) is 6.61 Å². The number of hydrogen-bond donors (Lipinski definition) is 0. The number of para-hydroxylation sites is 1. The van der Waals surface area contributed by atoms with E-state index < -0.39 is 6.03 Å². The van der Waals surface area contributed by atoms with Gasteiger partial charge in [-0.15, -0.1) is 0 Å². The van der Waals surface area contributed by atoms with Gasteiger partial charge in [0.2, 0.25) is 0 Å². The minimum absolute atomic E-state index is 0.389. The molecule has 0 radical (unpaired) electrons. The molecular weight excluding hydrogens is 180 g/mol. The zero-order valence-corrected chi connectivity index (χ0v) is 7.43. The molecule has 0 unspecified atom stereocenters. The quantitative estimate of drug-likeness (QED) is 0.653.